The highest BCUT2D eigenvalue weighted by molar-refractivity contribution is 5.87. The van der Waals surface area contributed by atoms with Gasteiger partial charge in [-0.1, -0.05) is 20.3 Å². The van der Waals surface area contributed by atoms with Gasteiger partial charge in [-0.15, -0.1) is 0 Å². The summed E-state index contributed by atoms with van der Waals surface area (Å²) in [6, 6.07) is -0.277. The molecule has 0 radical (unpaired) electrons. The normalized spacial score (nSPS) is 14.1. The van der Waals surface area contributed by atoms with E-state index in [0.717, 1.165) is 6.42 Å². The van der Waals surface area contributed by atoms with E-state index in [2.05, 4.69) is 10.6 Å². The highest BCUT2D eigenvalue weighted by Crippen LogP contribution is 2.06. The minimum atomic E-state index is -0.414. The van der Waals surface area contributed by atoms with Crippen LogP contribution >= 0.6 is 0 Å². The Labute approximate surface area is 89.9 Å². The van der Waals surface area contributed by atoms with Gasteiger partial charge < -0.3 is 10.6 Å². The van der Waals surface area contributed by atoms with Crippen molar-refractivity contribution in [2.24, 2.45) is 11.8 Å². The molecule has 0 aliphatic carbocycles. The van der Waals surface area contributed by atoms with Crippen LogP contribution in [0.5, 0.6) is 0 Å². The summed E-state index contributed by atoms with van der Waals surface area (Å²) in [5.41, 5.74) is 1.95. The molecular weight excluding hydrogens is 196 g/mol. The Hall–Kier alpha value is -1.14. The number of hydrazine groups is 1. The molecule has 0 aromatic carbocycles. The number of hydrogen-bond donors (Lipinski definition) is 4. The molecule has 0 aliphatic heterocycles. The molecule has 2 amide bonds. The van der Waals surface area contributed by atoms with Gasteiger partial charge in [-0.3, -0.25) is 15.0 Å². The van der Waals surface area contributed by atoms with Crippen LogP contribution in [0.2, 0.25) is 0 Å². The van der Waals surface area contributed by atoms with E-state index in [1.165, 1.54) is 0 Å². The Morgan fingerprint density at radius 2 is 2.00 bits per heavy atom. The van der Waals surface area contributed by atoms with Crippen molar-refractivity contribution >= 4 is 11.8 Å². The van der Waals surface area contributed by atoms with Crippen LogP contribution in [0.4, 0.5) is 0 Å². The maximum absolute atomic E-state index is 11.6. The Morgan fingerprint density at radius 3 is 2.40 bits per heavy atom. The first-order chi connectivity index (χ1) is 7.06. The summed E-state index contributed by atoms with van der Waals surface area (Å²) in [5, 5.41) is 5.43. The van der Waals surface area contributed by atoms with Crippen molar-refractivity contribution in [2.45, 2.75) is 26.3 Å². The number of amides is 2. The summed E-state index contributed by atoms with van der Waals surface area (Å²) in [6.45, 7) is 3.89. The van der Waals surface area contributed by atoms with Crippen molar-refractivity contribution < 1.29 is 9.59 Å². The lowest BCUT2D eigenvalue weighted by Gasteiger charge is -2.21. The third kappa shape index (κ3) is 4.75. The summed E-state index contributed by atoms with van der Waals surface area (Å²) in [6.07, 6.45) is 0.891. The second kappa shape index (κ2) is 7.19. The quantitative estimate of drug-likeness (QED) is 0.253. The summed E-state index contributed by atoms with van der Waals surface area (Å²) in [4.78, 5) is 22.4. The molecule has 0 heterocycles. The van der Waals surface area contributed by atoms with Crippen LogP contribution in [0.3, 0.4) is 0 Å². The topological polar surface area (TPSA) is 96.2 Å². The number of carbonyl (C=O) groups excluding carboxylic acids is 2. The fourth-order valence-corrected chi connectivity index (χ4v) is 1.24. The van der Waals surface area contributed by atoms with Crippen LogP contribution < -0.4 is 21.9 Å². The van der Waals surface area contributed by atoms with Gasteiger partial charge in [-0.2, -0.15) is 0 Å². The van der Waals surface area contributed by atoms with E-state index in [1.807, 2.05) is 19.3 Å². The van der Waals surface area contributed by atoms with Gasteiger partial charge >= 0.3 is 0 Å². The van der Waals surface area contributed by atoms with Gasteiger partial charge in [-0.25, -0.2) is 5.84 Å². The highest BCUT2D eigenvalue weighted by Gasteiger charge is 2.21. The maximum atomic E-state index is 11.6. The first kappa shape index (κ1) is 13.9. The average Bonchev–Trinajstić information content (AvgIpc) is 2.26. The average molecular weight is 216 g/mol. The molecule has 0 rings (SSSR count). The zero-order valence-electron chi connectivity index (χ0n) is 9.46. The predicted octanol–water partition coefficient (Wildman–Crippen LogP) is -1.27. The van der Waals surface area contributed by atoms with Gasteiger partial charge in [-0.05, 0) is 13.0 Å². The molecular formula is C9H20N4O2. The molecule has 6 heteroatoms. The zero-order chi connectivity index (χ0) is 11.8. The third-order valence-corrected chi connectivity index (χ3v) is 2.39. The van der Waals surface area contributed by atoms with E-state index in [-0.39, 0.29) is 24.4 Å². The fraction of sp³-hybridized carbons (Fsp3) is 0.778. The Kier molecular flexibility index (Phi) is 6.64. The molecule has 2 atom stereocenters. The van der Waals surface area contributed by atoms with Crippen LogP contribution in [0.15, 0.2) is 0 Å². The molecule has 6 nitrogen and oxygen atoms in total. The van der Waals surface area contributed by atoms with Crippen LogP contribution in [-0.4, -0.2) is 31.4 Å². The Bertz CT molecular complexity index is 220. The van der Waals surface area contributed by atoms with Crippen molar-refractivity contribution in [3.8, 4) is 0 Å². The molecule has 15 heavy (non-hydrogen) atoms. The SMILES string of the molecule is CCC(C)[C@H](NC)C(=O)NCC(=O)NN. The largest absolute Gasteiger partial charge is 0.346 e. The van der Waals surface area contributed by atoms with Crippen molar-refractivity contribution in [1.82, 2.24) is 16.1 Å². The number of rotatable bonds is 6. The minimum Gasteiger partial charge on any atom is -0.346 e. The lowest BCUT2D eigenvalue weighted by Crippen LogP contribution is -2.49. The zero-order valence-corrected chi connectivity index (χ0v) is 9.46. The second-order valence-electron chi connectivity index (χ2n) is 3.44. The summed E-state index contributed by atoms with van der Waals surface area (Å²) in [5.74, 6) is 4.51. The van der Waals surface area contributed by atoms with Gasteiger partial charge in [0.2, 0.25) is 5.91 Å². The summed E-state index contributed by atoms with van der Waals surface area (Å²) < 4.78 is 0. The van der Waals surface area contributed by atoms with Crippen molar-refractivity contribution in [3.63, 3.8) is 0 Å². The number of hydrogen-bond acceptors (Lipinski definition) is 4. The van der Waals surface area contributed by atoms with Gasteiger partial charge in [0.1, 0.15) is 0 Å². The molecule has 1 unspecified atom stereocenters. The summed E-state index contributed by atoms with van der Waals surface area (Å²) in [7, 11) is 1.72. The molecule has 0 fully saturated rings. The number of nitrogens with one attached hydrogen (secondary N) is 3. The van der Waals surface area contributed by atoms with Crippen LogP contribution in [0, 0.1) is 5.92 Å². The molecule has 0 spiro atoms. The van der Waals surface area contributed by atoms with E-state index in [1.54, 1.807) is 7.05 Å². The number of likely N-dealkylation sites (N-methyl/N-ethyl adjacent to an activating group) is 1. The van der Waals surface area contributed by atoms with Gasteiger partial charge in [0.25, 0.3) is 5.91 Å². The predicted molar refractivity (Wildman–Crippen MR) is 57.6 cm³/mol. The minimum absolute atomic E-state index is 0.0933. The van der Waals surface area contributed by atoms with Gasteiger partial charge in [0.05, 0.1) is 12.6 Å². The van der Waals surface area contributed by atoms with E-state index >= 15 is 0 Å². The Balaban J connectivity index is 4.10. The molecule has 0 bridgehead atoms. The lowest BCUT2D eigenvalue weighted by atomic mass is 9.99. The lowest BCUT2D eigenvalue weighted by molar-refractivity contribution is -0.128. The first-order valence-corrected chi connectivity index (χ1v) is 5.01. The molecule has 5 N–H and O–H groups in total. The first-order valence-electron chi connectivity index (χ1n) is 5.01. The maximum Gasteiger partial charge on any atom is 0.253 e. The number of nitrogens with two attached hydrogens (primary N) is 1. The van der Waals surface area contributed by atoms with E-state index in [9.17, 15) is 9.59 Å². The van der Waals surface area contributed by atoms with Crippen molar-refractivity contribution in [3.05, 3.63) is 0 Å². The molecule has 0 aliphatic rings. The molecule has 88 valence electrons. The van der Waals surface area contributed by atoms with Crippen LogP contribution in [-0.2, 0) is 9.59 Å². The van der Waals surface area contributed by atoms with Gasteiger partial charge in [0, 0.05) is 0 Å². The highest BCUT2D eigenvalue weighted by atomic mass is 16.2. The number of carbonyl (C=O) groups is 2. The van der Waals surface area contributed by atoms with E-state index in [4.69, 9.17) is 5.84 Å². The molecule has 0 aromatic rings. The monoisotopic (exact) mass is 216 g/mol. The van der Waals surface area contributed by atoms with Crippen molar-refractivity contribution in [2.75, 3.05) is 13.6 Å². The Morgan fingerprint density at radius 1 is 1.40 bits per heavy atom. The van der Waals surface area contributed by atoms with E-state index < -0.39 is 5.91 Å². The molecule has 0 saturated carbocycles. The standard InChI is InChI=1S/C9H20N4O2/c1-4-6(2)8(11-3)9(15)12-5-7(14)13-10/h6,8,11H,4-5,10H2,1-3H3,(H,12,15)(H,13,14)/t6?,8-/m0/s1. The van der Waals surface area contributed by atoms with Crippen LogP contribution in [0.25, 0.3) is 0 Å². The fourth-order valence-electron chi connectivity index (χ4n) is 1.24. The molecule has 0 saturated heterocycles. The summed E-state index contributed by atoms with van der Waals surface area (Å²) >= 11 is 0. The van der Waals surface area contributed by atoms with E-state index in [0.29, 0.717) is 0 Å². The second-order valence-corrected chi connectivity index (χ2v) is 3.44. The third-order valence-electron chi connectivity index (χ3n) is 2.39. The van der Waals surface area contributed by atoms with Gasteiger partial charge in [0.15, 0.2) is 0 Å². The van der Waals surface area contributed by atoms with Crippen LogP contribution in [0.1, 0.15) is 20.3 Å². The van der Waals surface area contributed by atoms with Crippen molar-refractivity contribution in [1.29, 1.82) is 0 Å². The molecule has 0 aromatic heterocycles. The smallest absolute Gasteiger partial charge is 0.253 e.